The van der Waals surface area contributed by atoms with Crippen LogP contribution in [0.25, 0.3) is 0 Å². The highest BCUT2D eigenvalue weighted by molar-refractivity contribution is 6.00. The number of hydrogen-bond donors (Lipinski definition) is 3. The number of ether oxygens (including phenoxy) is 2. The van der Waals surface area contributed by atoms with Crippen molar-refractivity contribution in [2.45, 2.75) is 69.4 Å². The molecule has 10 heteroatoms. The van der Waals surface area contributed by atoms with Crippen LogP contribution in [0.3, 0.4) is 0 Å². The van der Waals surface area contributed by atoms with Crippen LogP contribution < -0.4 is 10.6 Å². The third-order valence-electron chi connectivity index (χ3n) is 7.57. The van der Waals surface area contributed by atoms with Crippen molar-refractivity contribution in [2.24, 2.45) is 0 Å². The van der Waals surface area contributed by atoms with Crippen LogP contribution >= 0.6 is 0 Å². The normalized spacial score (nSPS) is 22.3. The van der Waals surface area contributed by atoms with Crippen molar-refractivity contribution < 1.29 is 33.0 Å². The summed E-state index contributed by atoms with van der Waals surface area (Å²) in [7, 11) is 1.61. The Kier molecular flexibility index (Phi) is 10.6. The molecule has 0 saturated carbocycles. The molecule has 1 unspecified atom stereocenters. The summed E-state index contributed by atoms with van der Waals surface area (Å²) in [6, 6.07) is 8.35. The van der Waals surface area contributed by atoms with Gasteiger partial charge in [-0.3, -0.25) is 9.59 Å². The highest BCUT2D eigenvalue weighted by Gasteiger charge is 2.36. The van der Waals surface area contributed by atoms with Gasteiger partial charge in [-0.25, -0.2) is 8.78 Å². The Morgan fingerprint density at radius 1 is 1.18 bits per heavy atom. The Morgan fingerprint density at radius 3 is 2.65 bits per heavy atom. The molecule has 0 radical (unpaired) electrons. The first-order valence-corrected chi connectivity index (χ1v) is 14.0. The quantitative estimate of drug-likeness (QED) is 0.370. The maximum absolute atomic E-state index is 13.9. The molecule has 0 bridgehead atoms. The van der Waals surface area contributed by atoms with E-state index in [9.17, 15) is 23.5 Å². The van der Waals surface area contributed by atoms with E-state index in [1.165, 1.54) is 18.2 Å². The summed E-state index contributed by atoms with van der Waals surface area (Å²) in [5, 5.41) is 17.4. The first-order chi connectivity index (χ1) is 19.3. The van der Waals surface area contributed by atoms with E-state index in [1.54, 1.807) is 30.2 Å². The van der Waals surface area contributed by atoms with Crippen molar-refractivity contribution >= 4 is 11.8 Å². The maximum Gasteiger partial charge on any atom is 0.254 e. The third-order valence-corrected chi connectivity index (χ3v) is 7.57. The number of benzene rings is 2. The third kappa shape index (κ3) is 7.63. The average molecular weight is 560 g/mol. The first-order valence-electron chi connectivity index (χ1n) is 14.0. The zero-order valence-corrected chi connectivity index (χ0v) is 23.1. The highest BCUT2D eigenvalue weighted by atomic mass is 19.1. The van der Waals surface area contributed by atoms with Gasteiger partial charge in [-0.05, 0) is 68.0 Å². The molecular formula is C30H39F2N3O5. The largest absolute Gasteiger partial charge is 0.389 e. The second-order valence-electron chi connectivity index (χ2n) is 10.6. The molecule has 4 rings (SSSR count). The number of nitrogens with one attached hydrogen (secondary N) is 2. The van der Waals surface area contributed by atoms with Crippen molar-refractivity contribution in [3.8, 4) is 0 Å². The molecule has 40 heavy (non-hydrogen) atoms. The van der Waals surface area contributed by atoms with Gasteiger partial charge >= 0.3 is 0 Å². The predicted molar refractivity (Wildman–Crippen MR) is 146 cm³/mol. The summed E-state index contributed by atoms with van der Waals surface area (Å²) in [5.74, 6) is -2.14. The minimum absolute atomic E-state index is 0.00530. The van der Waals surface area contributed by atoms with Crippen LogP contribution in [-0.2, 0) is 15.9 Å². The number of nitrogens with zero attached hydrogens (tertiary/aromatic N) is 1. The molecule has 2 saturated heterocycles. The van der Waals surface area contributed by atoms with Crippen LogP contribution in [0.4, 0.5) is 8.78 Å². The smallest absolute Gasteiger partial charge is 0.254 e. The maximum atomic E-state index is 13.9. The molecule has 0 spiro atoms. The van der Waals surface area contributed by atoms with E-state index in [0.717, 1.165) is 25.3 Å². The van der Waals surface area contributed by atoms with Gasteiger partial charge in [-0.2, -0.15) is 0 Å². The Morgan fingerprint density at radius 2 is 1.93 bits per heavy atom. The lowest BCUT2D eigenvalue weighted by atomic mass is 9.94. The van der Waals surface area contributed by atoms with Gasteiger partial charge in [-0.1, -0.05) is 13.0 Å². The van der Waals surface area contributed by atoms with Crippen molar-refractivity contribution in [3.63, 3.8) is 0 Å². The summed E-state index contributed by atoms with van der Waals surface area (Å²) in [5.41, 5.74) is 0.939. The average Bonchev–Trinajstić information content (AvgIpc) is 3.60. The van der Waals surface area contributed by atoms with Gasteiger partial charge in [0.25, 0.3) is 11.8 Å². The summed E-state index contributed by atoms with van der Waals surface area (Å²) in [6.45, 7) is 4.26. The van der Waals surface area contributed by atoms with Crippen molar-refractivity contribution in [1.82, 2.24) is 15.5 Å². The predicted octanol–water partition coefficient (Wildman–Crippen LogP) is 3.07. The van der Waals surface area contributed by atoms with Crippen molar-refractivity contribution in [1.29, 1.82) is 0 Å². The molecule has 2 aliphatic heterocycles. The lowest BCUT2D eigenvalue weighted by Crippen LogP contribution is -2.52. The van der Waals surface area contributed by atoms with E-state index >= 15 is 0 Å². The topological polar surface area (TPSA) is 100 Å². The van der Waals surface area contributed by atoms with Crippen LogP contribution in [0.15, 0.2) is 42.5 Å². The van der Waals surface area contributed by atoms with E-state index < -0.39 is 29.7 Å². The van der Waals surface area contributed by atoms with Gasteiger partial charge in [0.15, 0.2) is 0 Å². The van der Waals surface area contributed by atoms with Gasteiger partial charge in [0, 0.05) is 50.0 Å². The van der Waals surface area contributed by atoms with Gasteiger partial charge in [0.1, 0.15) is 11.6 Å². The van der Waals surface area contributed by atoms with Gasteiger partial charge in [0.2, 0.25) is 0 Å². The van der Waals surface area contributed by atoms with Crippen LogP contribution in [0.2, 0.25) is 0 Å². The fourth-order valence-electron chi connectivity index (χ4n) is 5.60. The van der Waals surface area contributed by atoms with E-state index in [0.29, 0.717) is 43.9 Å². The lowest BCUT2D eigenvalue weighted by molar-refractivity contribution is 0.0514. The second kappa shape index (κ2) is 14.1. The number of carbonyl (C=O) groups excluding carboxylic acids is 2. The number of aliphatic hydroxyl groups excluding tert-OH is 1. The Bertz CT molecular complexity index is 1150. The number of methoxy groups -OCH3 is 1. The Hall–Kier alpha value is -2.92. The number of hydrogen-bond acceptors (Lipinski definition) is 6. The summed E-state index contributed by atoms with van der Waals surface area (Å²) >= 11 is 0. The standard InChI is InChI=1S/C30H39F2N3O5/c1-3-10-40-25-16-26(33-17-25)28(36)27(13-19-11-22(31)15-23(32)12-19)34-29(37)20-6-4-7-21(14-20)30(38)35-9-5-8-24(35)18-39-2/h4,6-7,11-12,14-15,24-28,33,36H,3,5,8-10,13,16-18H2,1-2H3,(H,34,37)/t24?,25-,26-,27+,28-/m1/s1. The SMILES string of the molecule is CCCO[C@H]1CN[C@@H]([C@@H](O)[C@H](Cc2cc(F)cc(F)c2)NC(=O)c2cccc(C(=O)N3CCCC3COC)c2)C1. The highest BCUT2D eigenvalue weighted by Crippen LogP contribution is 2.22. The first kappa shape index (κ1) is 30.0. The monoisotopic (exact) mass is 559 g/mol. The molecule has 3 N–H and O–H groups in total. The fraction of sp³-hybridized carbons (Fsp3) is 0.533. The van der Waals surface area contributed by atoms with E-state index in [2.05, 4.69) is 10.6 Å². The van der Waals surface area contributed by atoms with Crippen molar-refractivity contribution in [2.75, 3.05) is 33.4 Å². The number of halogens is 2. The molecular weight excluding hydrogens is 520 g/mol. The number of amides is 2. The summed E-state index contributed by atoms with van der Waals surface area (Å²) in [4.78, 5) is 28.4. The molecule has 2 fully saturated rings. The molecule has 2 aliphatic rings. The molecule has 218 valence electrons. The summed E-state index contributed by atoms with van der Waals surface area (Å²) < 4.78 is 38.9. The lowest BCUT2D eigenvalue weighted by Gasteiger charge is -2.29. The molecule has 5 atom stereocenters. The Labute approximate surface area is 234 Å². The van der Waals surface area contributed by atoms with E-state index in [4.69, 9.17) is 9.47 Å². The van der Waals surface area contributed by atoms with E-state index in [1.807, 2.05) is 6.92 Å². The molecule has 0 aliphatic carbocycles. The molecule has 2 heterocycles. The zero-order chi connectivity index (χ0) is 28.6. The van der Waals surface area contributed by atoms with Gasteiger partial charge < -0.3 is 30.1 Å². The van der Waals surface area contributed by atoms with E-state index in [-0.39, 0.29) is 36.1 Å². The molecule has 8 nitrogen and oxygen atoms in total. The number of carbonyl (C=O) groups is 2. The number of likely N-dealkylation sites (tertiary alicyclic amines) is 1. The van der Waals surface area contributed by atoms with Crippen LogP contribution in [0, 0.1) is 11.6 Å². The zero-order valence-electron chi connectivity index (χ0n) is 23.1. The Balaban J connectivity index is 1.51. The minimum atomic E-state index is -1.06. The second-order valence-corrected chi connectivity index (χ2v) is 10.6. The molecule has 2 amide bonds. The fourth-order valence-corrected chi connectivity index (χ4v) is 5.60. The van der Waals surface area contributed by atoms with Crippen LogP contribution in [0.1, 0.15) is 58.9 Å². The number of aliphatic hydroxyl groups is 1. The molecule has 2 aromatic carbocycles. The van der Waals surface area contributed by atoms with Crippen molar-refractivity contribution in [3.05, 3.63) is 70.8 Å². The van der Waals surface area contributed by atoms with Crippen LogP contribution in [-0.4, -0.2) is 85.6 Å². The van der Waals surface area contributed by atoms with Gasteiger partial charge in [0.05, 0.1) is 30.9 Å². The van der Waals surface area contributed by atoms with Gasteiger partial charge in [-0.15, -0.1) is 0 Å². The minimum Gasteiger partial charge on any atom is -0.389 e. The number of rotatable bonds is 12. The van der Waals surface area contributed by atoms with Crippen LogP contribution in [0.5, 0.6) is 0 Å². The molecule has 0 aromatic heterocycles. The molecule has 2 aromatic rings. The summed E-state index contributed by atoms with van der Waals surface area (Å²) in [6.07, 6.45) is 2.03.